The van der Waals surface area contributed by atoms with Gasteiger partial charge in [0, 0.05) is 12.1 Å². The minimum absolute atomic E-state index is 0.948. The summed E-state index contributed by atoms with van der Waals surface area (Å²) in [4.78, 5) is 4.84. The molecule has 0 radical (unpaired) electrons. The quantitative estimate of drug-likeness (QED) is 0.667. The van der Waals surface area contributed by atoms with E-state index in [9.17, 15) is 0 Å². The van der Waals surface area contributed by atoms with Crippen molar-refractivity contribution in [3.8, 4) is 0 Å². The number of nitrogens with one attached hydrogen (secondary N) is 1. The summed E-state index contributed by atoms with van der Waals surface area (Å²) in [5.41, 5.74) is 6.62. The highest BCUT2D eigenvalue weighted by atomic mass is 16.6. The molecule has 0 amide bonds. The van der Waals surface area contributed by atoms with Crippen LogP contribution in [0.4, 0.5) is 0 Å². The highest BCUT2D eigenvalue weighted by molar-refractivity contribution is 5.62. The molecule has 2 heteroatoms. The van der Waals surface area contributed by atoms with Gasteiger partial charge in [-0.25, -0.2) is 0 Å². The maximum atomic E-state index is 4.84. The largest absolute Gasteiger partial charge is 0.280 e. The van der Waals surface area contributed by atoms with E-state index in [1.165, 1.54) is 11.1 Å². The fourth-order valence-electron chi connectivity index (χ4n) is 1.48. The maximum Gasteiger partial charge on any atom is 0.0636 e. The second-order valence-corrected chi connectivity index (χ2v) is 2.85. The second kappa shape index (κ2) is 2.99. The molecule has 0 unspecified atom stereocenters. The van der Waals surface area contributed by atoms with E-state index in [0.29, 0.717) is 0 Å². The van der Waals surface area contributed by atoms with Gasteiger partial charge in [0.25, 0.3) is 0 Å². The van der Waals surface area contributed by atoms with Crippen molar-refractivity contribution in [3.05, 3.63) is 41.1 Å². The molecular weight excluding hydrogens is 150 g/mol. The lowest BCUT2D eigenvalue weighted by Crippen LogP contribution is -2.10. The van der Waals surface area contributed by atoms with E-state index >= 15 is 0 Å². The number of hydrogen-bond donors (Lipinski definition) is 1. The normalized spacial score (nSPS) is 13.9. The third kappa shape index (κ3) is 1.21. The molecule has 1 aliphatic rings. The molecule has 0 saturated carbocycles. The Morgan fingerprint density at radius 3 is 2.92 bits per heavy atom. The van der Waals surface area contributed by atoms with Crippen molar-refractivity contribution in [1.82, 2.24) is 5.48 Å². The Kier molecular flexibility index (Phi) is 1.84. The maximum absolute atomic E-state index is 4.84. The minimum Gasteiger partial charge on any atom is -0.280 e. The molecule has 0 aliphatic heterocycles. The summed E-state index contributed by atoms with van der Waals surface area (Å²) < 4.78 is 0. The van der Waals surface area contributed by atoms with Crippen molar-refractivity contribution in [2.24, 2.45) is 0 Å². The summed E-state index contributed by atoms with van der Waals surface area (Å²) in [5.74, 6) is 0. The van der Waals surface area contributed by atoms with Crippen molar-refractivity contribution in [2.45, 2.75) is 6.42 Å². The molecule has 1 aromatic rings. The van der Waals surface area contributed by atoms with Gasteiger partial charge in [-0.15, -0.1) is 0 Å². The molecule has 0 atom stereocenters. The Morgan fingerprint density at radius 1 is 1.33 bits per heavy atom. The molecule has 2 nitrogen and oxygen atoms in total. The first-order valence-corrected chi connectivity index (χ1v) is 3.97. The van der Waals surface area contributed by atoms with E-state index in [1.54, 1.807) is 7.11 Å². The Labute approximate surface area is 71.8 Å². The zero-order valence-corrected chi connectivity index (χ0v) is 7.00. The standard InChI is InChI=1S/C10H11NO/c1-12-11-10-6-8-4-2-3-5-9(8)7-10/h2-6,11H,7H2,1H3. The monoisotopic (exact) mass is 161 g/mol. The Hall–Kier alpha value is -1.28. The summed E-state index contributed by atoms with van der Waals surface area (Å²) in [6.07, 6.45) is 3.06. The number of benzene rings is 1. The van der Waals surface area contributed by atoms with Crippen LogP contribution in [0.3, 0.4) is 0 Å². The van der Waals surface area contributed by atoms with E-state index in [4.69, 9.17) is 4.84 Å². The summed E-state index contributed by atoms with van der Waals surface area (Å²) in [6, 6.07) is 8.35. The highest BCUT2D eigenvalue weighted by Gasteiger charge is 2.10. The number of fused-ring (bicyclic) bond motifs is 1. The van der Waals surface area contributed by atoms with Crippen molar-refractivity contribution in [3.63, 3.8) is 0 Å². The Morgan fingerprint density at radius 2 is 2.17 bits per heavy atom. The van der Waals surface area contributed by atoms with Crippen LogP contribution < -0.4 is 5.48 Å². The predicted molar refractivity (Wildman–Crippen MR) is 48.3 cm³/mol. The van der Waals surface area contributed by atoms with E-state index in [1.807, 2.05) is 6.07 Å². The Balaban J connectivity index is 2.23. The van der Waals surface area contributed by atoms with Gasteiger partial charge in [0.15, 0.2) is 0 Å². The van der Waals surface area contributed by atoms with Gasteiger partial charge in [-0.05, 0) is 17.2 Å². The van der Waals surface area contributed by atoms with Crippen LogP contribution in [-0.4, -0.2) is 7.11 Å². The van der Waals surface area contributed by atoms with Crippen LogP contribution in [0.1, 0.15) is 11.1 Å². The summed E-state index contributed by atoms with van der Waals surface area (Å²) >= 11 is 0. The summed E-state index contributed by atoms with van der Waals surface area (Å²) in [7, 11) is 1.63. The lowest BCUT2D eigenvalue weighted by molar-refractivity contribution is 0.117. The molecule has 12 heavy (non-hydrogen) atoms. The van der Waals surface area contributed by atoms with Gasteiger partial charge in [0.1, 0.15) is 0 Å². The zero-order chi connectivity index (χ0) is 8.39. The van der Waals surface area contributed by atoms with Gasteiger partial charge in [-0.2, -0.15) is 0 Å². The van der Waals surface area contributed by atoms with Gasteiger partial charge in [-0.1, -0.05) is 24.3 Å². The van der Waals surface area contributed by atoms with Crippen LogP contribution in [0.5, 0.6) is 0 Å². The third-order valence-corrected chi connectivity index (χ3v) is 2.00. The molecule has 62 valence electrons. The van der Waals surface area contributed by atoms with Crippen molar-refractivity contribution >= 4 is 6.08 Å². The van der Waals surface area contributed by atoms with Crippen LogP contribution in [0, 0.1) is 0 Å². The molecule has 1 aromatic carbocycles. The minimum atomic E-state index is 0.948. The van der Waals surface area contributed by atoms with Crippen LogP contribution in [-0.2, 0) is 11.3 Å². The average molecular weight is 161 g/mol. The first-order chi connectivity index (χ1) is 5.90. The van der Waals surface area contributed by atoms with E-state index < -0.39 is 0 Å². The number of hydrogen-bond acceptors (Lipinski definition) is 2. The first kappa shape index (κ1) is 7.37. The van der Waals surface area contributed by atoms with Gasteiger partial charge < -0.3 is 0 Å². The molecule has 0 spiro atoms. The van der Waals surface area contributed by atoms with Crippen LogP contribution in [0.15, 0.2) is 30.0 Å². The van der Waals surface area contributed by atoms with Crippen molar-refractivity contribution in [1.29, 1.82) is 0 Å². The van der Waals surface area contributed by atoms with Crippen LogP contribution in [0.25, 0.3) is 6.08 Å². The van der Waals surface area contributed by atoms with Crippen LogP contribution >= 0.6 is 0 Å². The predicted octanol–water partition coefficient (Wildman–Crippen LogP) is 1.73. The van der Waals surface area contributed by atoms with Gasteiger partial charge in [0.2, 0.25) is 0 Å². The van der Waals surface area contributed by atoms with Gasteiger partial charge >= 0.3 is 0 Å². The number of allylic oxidation sites excluding steroid dienone is 1. The molecular formula is C10H11NO. The van der Waals surface area contributed by atoms with Crippen molar-refractivity contribution in [2.75, 3.05) is 7.11 Å². The summed E-state index contributed by atoms with van der Waals surface area (Å²) in [6.45, 7) is 0. The summed E-state index contributed by atoms with van der Waals surface area (Å²) in [5, 5.41) is 0. The fraction of sp³-hybridized carbons (Fsp3) is 0.200. The van der Waals surface area contributed by atoms with E-state index in [2.05, 4.69) is 29.8 Å². The highest BCUT2D eigenvalue weighted by Crippen LogP contribution is 2.22. The zero-order valence-electron chi connectivity index (χ0n) is 7.00. The molecule has 2 rings (SSSR count). The molecule has 0 saturated heterocycles. The van der Waals surface area contributed by atoms with Crippen LogP contribution in [0.2, 0.25) is 0 Å². The molecule has 0 aromatic heterocycles. The average Bonchev–Trinajstić information content (AvgIpc) is 2.47. The Bertz CT molecular complexity index is 317. The first-order valence-electron chi connectivity index (χ1n) is 3.97. The van der Waals surface area contributed by atoms with Gasteiger partial charge in [0.05, 0.1) is 7.11 Å². The third-order valence-electron chi connectivity index (χ3n) is 2.00. The SMILES string of the molecule is CONC1=Cc2ccccc2C1. The number of hydroxylamine groups is 1. The lowest BCUT2D eigenvalue weighted by Gasteiger charge is -2.01. The molecule has 0 fully saturated rings. The molecule has 0 bridgehead atoms. The topological polar surface area (TPSA) is 21.3 Å². The molecule has 0 heterocycles. The molecule has 1 N–H and O–H groups in total. The fourth-order valence-corrected chi connectivity index (χ4v) is 1.48. The van der Waals surface area contributed by atoms with Crippen molar-refractivity contribution < 1.29 is 4.84 Å². The lowest BCUT2D eigenvalue weighted by atomic mass is 10.1. The number of rotatable bonds is 2. The second-order valence-electron chi connectivity index (χ2n) is 2.85. The molecule has 1 aliphatic carbocycles. The van der Waals surface area contributed by atoms with E-state index in [-0.39, 0.29) is 0 Å². The smallest absolute Gasteiger partial charge is 0.0636 e. The van der Waals surface area contributed by atoms with E-state index in [0.717, 1.165) is 12.1 Å². The van der Waals surface area contributed by atoms with Gasteiger partial charge in [-0.3, -0.25) is 10.3 Å².